The minimum atomic E-state index is -0.378. The highest BCUT2D eigenvalue weighted by Crippen LogP contribution is 2.35. The number of hydrogen-bond acceptors (Lipinski definition) is 4. The molecule has 5 rings (SSSR count). The Labute approximate surface area is 215 Å². The van der Waals surface area contributed by atoms with Crippen LogP contribution in [0.5, 0.6) is 5.75 Å². The van der Waals surface area contributed by atoms with Crippen LogP contribution >= 0.6 is 11.6 Å². The lowest BCUT2D eigenvalue weighted by Crippen LogP contribution is -2.23. The molecule has 4 nitrogen and oxygen atoms in total. The van der Waals surface area contributed by atoms with E-state index in [2.05, 4.69) is 22.6 Å². The van der Waals surface area contributed by atoms with Crippen LogP contribution in [0.1, 0.15) is 52.6 Å². The Hall–Kier alpha value is -3.57. The molecule has 1 saturated carbocycles. The number of aryl methyl sites for hydroxylation is 2. The second-order valence-corrected chi connectivity index (χ2v) is 9.59. The number of aromatic nitrogens is 1. The maximum Gasteiger partial charge on any atom is 0.165 e. The van der Waals surface area contributed by atoms with E-state index in [1.54, 1.807) is 12.1 Å². The summed E-state index contributed by atoms with van der Waals surface area (Å²) in [5, 5.41) is 8.40. The van der Waals surface area contributed by atoms with Crippen LogP contribution in [0.25, 0.3) is 0 Å². The summed E-state index contributed by atoms with van der Waals surface area (Å²) in [5.41, 5.74) is 7.29. The minimum Gasteiger partial charge on any atom is -0.486 e. The molecule has 0 radical (unpaired) electrons. The largest absolute Gasteiger partial charge is 0.486 e. The molecule has 3 aromatic carbocycles. The molecule has 0 saturated heterocycles. The highest BCUT2D eigenvalue weighted by molar-refractivity contribution is 6.30. The fraction of sp³-hybridized carbons (Fsp3) is 0.233. The molecule has 1 N–H and O–H groups in total. The van der Waals surface area contributed by atoms with E-state index in [0.717, 1.165) is 46.5 Å². The van der Waals surface area contributed by atoms with Crippen LogP contribution < -0.4 is 10.1 Å². The number of ether oxygens (including phenoxy) is 1. The molecule has 0 amide bonds. The predicted octanol–water partition coefficient (Wildman–Crippen LogP) is 7.63. The lowest BCUT2D eigenvalue weighted by atomic mass is 9.97. The third kappa shape index (κ3) is 5.63. The van der Waals surface area contributed by atoms with Crippen LogP contribution in [0, 0.1) is 19.7 Å². The maximum atomic E-state index is 15.0. The number of nitrogens with zero attached hydrogens (tertiary/aromatic N) is 1. The average molecular weight is 503 g/mol. The Balaban J connectivity index is 1.34. The quantitative estimate of drug-likeness (QED) is 0.255. The Morgan fingerprint density at radius 3 is 2.39 bits per heavy atom. The van der Waals surface area contributed by atoms with E-state index >= 15 is 0 Å². The second kappa shape index (κ2) is 10.6. The molecule has 0 spiro atoms. The third-order valence-electron chi connectivity index (χ3n) is 6.51. The predicted molar refractivity (Wildman–Crippen MR) is 140 cm³/mol. The molecular formula is C30H28ClFN2O2. The summed E-state index contributed by atoms with van der Waals surface area (Å²) < 4.78 is 25.9. The number of rotatable bonds is 9. The van der Waals surface area contributed by atoms with Gasteiger partial charge in [-0.3, -0.25) is 0 Å². The molecule has 1 atom stereocenters. The smallest absolute Gasteiger partial charge is 0.165 e. The van der Waals surface area contributed by atoms with Gasteiger partial charge in [-0.15, -0.1) is 0 Å². The number of allylic oxidation sites excluding steroid dienone is 2. The van der Waals surface area contributed by atoms with E-state index in [4.69, 9.17) is 20.9 Å². The van der Waals surface area contributed by atoms with Gasteiger partial charge in [0, 0.05) is 17.1 Å². The van der Waals surface area contributed by atoms with Gasteiger partial charge in [-0.05, 0) is 67.6 Å². The molecule has 1 heterocycles. The van der Waals surface area contributed by atoms with Gasteiger partial charge in [0.25, 0.3) is 0 Å². The Kier molecular flexibility index (Phi) is 7.10. The zero-order valence-corrected chi connectivity index (χ0v) is 21.1. The number of hydrogen-bond donors (Lipinski definition) is 1. The highest BCUT2D eigenvalue weighted by Gasteiger charge is 2.23. The molecule has 4 aromatic rings. The van der Waals surface area contributed by atoms with Gasteiger partial charge in [0.1, 0.15) is 12.4 Å². The number of halogens is 2. The molecule has 1 aliphatic rings. The fourth-order valence-electron chi connectivity index (χ4n) is 4.31. The molecule has 1 fully saturated rings. The van der Waals surface area contributed by atoms with E-state index in [1.807, 2.05) is 62.4 Å². The first kappa shape index (κ1) is 24.1. The molecule has 1 aromatic heterocycles. The first-order valence-corrected chi connectivity index (χ1v) is 12.5. The lowest BCUT2D eigenvalue weighted by Gasteiger charge is -2.23. The van der Waals surface area contributed by atoms with Crippen molar-refractivity contribution in [2.75, 3.05) is 0 Å². The first-order chi connectivity index (χ1) is 17.5. The van der Waals surface area contributed by atoms with Crippen LogP contribution in [0.2, 0.25) is 5.02 Å². The van der Waals surface area contributed by atoms with Crippen LogP contribution in [0.15, 0.2) is 88.6 Å². The van der Waals surface area contributed by atoms with Crippen molar-refractivity contribution >= 4 is 11.6 Å². The molecular weight excluding hydrogens is 475 g/mol. The molecule has 0 aliphatic heterocycles. The van der Waals surface area contributed by atoms with E-state index < -0.39 is 0 Å². The van der Waals surface area contributed by atoms with Crippen molar-refractivity contribution in [3.8, 4) is 5.75 Å². The summed E-state index contributed by atoms with van der Waals surface area (Å²) in [7, 11) is 0. The molecule has 6 heteroatoms. The highest BCUT2D eigenvalue weighted by atomic mass is 35.5. The zero-order chi connectivity index (χ0) is 25.1. The molecule has 1 unspecified atom stereocenters. The molecule has 0 bridgehead atoms. The maximum absolute atomic E-state index is 15.0. The van der Waals surface area contributed by atoms with Gasteiger partial charge in [0.15, 0.2) is 11.6 Å². The minimum absolute atomic E-state index is 0.0333. The SMILES string of the molecule is Cc1noc(C)c1COc1ccc(CC(NC(c2ccccc2)c2ccc(Cl)cc2)=C2CC2)cc1F. The Morgan fingerprint density at radius 2 is 1.75 bits per heavy atom. The van der Waals surface area contributed by atoms with Crippen molar-refractivity contribution in [1.29, 1.82) is 0 Å². The van der Waals surface area contributed by atoms with Crippen molar-refractivity contribution in [2.45, 2.75) is 45.8 Å². The van der Waals surface area contributed by atoms with E-state index in [-0.39, 0.29) is 24.2 Å². The van der Waals surface area contributed by atoms with Crippen molar-refractivity contribution in [3.63, 3.8) is 0 Å². The normalized spacial score (nSPS) is 13.4. The third-order valence-corrected chi connectivity index (χ3v) is 6.76. The van der Waals surface area contributed by atoms with Crippen LogP contribution in [-0.2, 0) is 13.0 Å². The summed E-state index contributed by atoms with van der Waals surface area (Å²) in [5.74, 6) is 0.525. The van der Waals surface area contributed by atoms with Gasteiger partial charge in [-0.1, -0.05) is 70.9 Å². The summed E-state index contributed by atoms with van der Waals surface area (Å²) in [6.07, 6.45) is 2.74. The van der Waals surface area contributed by atoms with Gasteiger partial charge < -0.3 is 14.6 Å². The number of benzene rings is 3. The summed E-state index contributed by atoms with van der Waals surface area (Å²) in [6.45, 7) is 3.89. The van der Waals surface area contributed by atoms with Crippen LogP contribution in [-0.4, -0.2) is 5.16 Å². The van der Waals surface area contributed by atoms with Gasteiger partial charge in [0.2, 0.25) is 0 Å². The fourth-order valence-corrected chi connectivity index (χ4v) is 4.44. The van der Waals surface area contributed by atoms with Crippen LogP contribution in [0.4, 0.5) is 4.39 Å². The van der Waals surface area contributed by atoms with Crippen molar-refractivity contribution in [1.82, 2.24) is 10.5 Å². The molecule has 184 valence electrons. The Bertz CT molecular complexity index is 1350. The monoisotopic (exact) mass is 502 g/mol. The van der Waals surface area contributed by atoms with Crippen molar-refractivity contribution < 1.29 is 13.7 Å². The van der Waals surface area contributed by atoms with E-state index in [9.17, 15) is 4.39 Å². The van der Waals surface area contributed by atoms with Crippen molar-refractivity contribution in [2.24, 2.45) is 0 Å². The average Bonchev–Trinajstić information content (AvgIpc) is 3.68. The first-order valence-electron chi connectivity index (χ1n) is 12.1. The van der Waals surface area contributed by atoms with Crippen LogP contribution in [0.3, 0.4) is 0 Å². The lowest BCUT2D eigenvalue weighted by molar-refractivity contribution is 0.286. The molecule has 1 aliphatic carbocycles. The second-order valence-electron chi connectivity index (χ2n) is 9.15. The molecule has 36 heavy (non-hydrogen) atoms. The van der Waals surface area contributed by atoms with Gasteiger partial charge in [0.05, 0.1) is 17.3 Å². The van der Waals surface area contributed by atoms with E-state index in [0.29, 0.717) is 17.2 Å². The summed E-state index contributed by atoms with van der Waals surface area (Å²) in [6, 6.07) is 23.4. The van der Waals surface area contributed by atoms with E-state index in [1.165, 1.54) is 5.57 Å². The van der Waals surface area contributed by atoms with Crippen molar-refractivity contribution in [3.05, 3.63) is 129 Å². The van der Waals surface area contributed by atoms with Gasteiger partial charge >= 0.3 is 0 Å². The van der Waals surface area contributed by atoms with Gasteiger partial charge in [-0.25, -0.2) is 4.39 Å². The van der Waals surface area contributed by atoms with Gasteiger partial charge in [-0.2, -0.15) is 0 Å². The standard InChI is InChI=1S/C30H28ClFN2O2/c1-19-26(20(2)36-34-19)18-35-29-15-8-21(16-27(29)32)17-28(22-9-10-22)33-30(23-6-4-3-5-7-23)24-11-13-25(31)14-12-24/h3-8,11-16,30,33H,9-10,17-18H2,1-2H3. The Morgan fingerprint density at radius 1 is 1.03 bits per heavy atom. The zero-order valence-electron chi connectivity index (χ0n) is 20.4. The summed E-state index contributed by atoms with van der Waals surface area (Å²) in [4.78, 5) is 0. The number of nitrogens with one attached hydrogen (secondary N) is 1. The summed E-state index contributed by atoms with van der Waals surface area (Å²) >= 11 is 6.15. The topological polar surface area (TPSA) is 47.3 Å².